The lowest BCUT2D eigenvalue weighted by Gasteiger charge is -2.37. The van der Waals surface area contributed by atoms with Crippen LogP contribution >= 0.6 is 12.2 Å². The summed E-state index contributed by atoms with van der Waals surface area (Å²) in [5.41, 5.74) is 3.12. The van der Waals surface area contributed by atoms with Gasteiger partial charge in [0.1, 0.15) is 17.6 Å². The van der Waals surface area contributed by atoms with E-state index in [0.717, 1.165) is 17.0 Å². The number of fused-ring (bicyclic) bond motifs is 1. The molecule has 1 aliphatic rings. The number of hydrogen-bond donors (Lipinski definition) is 2. The summed E-state index contributed by atoms with van der Waals surface area (Å²) in [7, 11) is 0. The number of nitrogens with zero attached hydrogens (tertiary/aromatic N) is 2. The molecule has 1 aliphatic heterocycles. The number of nitrogens with one attached hydrogen (secondary N) is 2. The lowest BCUT2D eigenvalue weighted by molar-refractivity contribution is -0.274. The Hall–Kier alpha value is -3.14. The third-order valence-corrected chi connectivity index (χ3v) is 5.05. The molecule has 0 amide bonds. The summed E-state index contributed by atoms with van der Waals surface area (Å²) < 4.78 is 54.3. The van der Waals surface area contributed by atoms with Crippen molar-refractivity contribution in [2.45, 2.75) is 18.8 Å². The quantitative estimate of drug-likeness (QED) is 0.457. The number of H-pyrrole nitrogens is 1. The molecule has 3 aromatic rings. The van der Waals surface area contributed by atoms with Gasteiger partial charge in [-0.1, -0.05) is 12.1 Å². The zero-order valence-corrected chi connectivity index (χ0v) is 16.2. The van der Waals surface area contributed by atoms with Crippen molar-refractivity contribution in [3.8, 4) is 5.75 Å². The maximum absolute atomic E-state index is 13.4. The van der Waals surface area contributed by atoms with Gasteiger partial charge in [0.05, 0.1) is 12.0 Å². The van der Waals surface area contributed by atoms with E-state index in [2.05, 4.69) is 20.0 Å². The molecule has 2 aromatic carbocycles. The second kappa shape index (κ2) is 7.94. The summed E-state index contributed by atoms with van der Waals surface area (Å²) in [5, 5.41) is 3.42. The molecule has 0 fully saturated rings. The number of benzene rings is 2. The van der Waals surface area contributed by atoms with Crippen molar-refractivity contribution in [2.24, 2.45) is 0 Å². The first-order valence-electron chi connectivity index (χ1n) is 9.01. The minimum absolute atomic E-state index is 0.317. The smallest absolute Gasteiger partial charge is 0.406 e. The number of ether oxygens (including phenoxy) is 1. The van der Waals surface area contributed by atoms with Crippen LogP contribution in [0.5, 0.6) is 5.75 Å². The minimum Gasteiger partial charge on any atom is -0.406 e. The zero-order valence-electron chi connectivity index (χ0n) is 15.4. The van der Waals surface area contributed by atoms with Crippen LogP contribution in [0.2, 0.25) is 0 Å². The fourth-order valence-electron chi connectivity index (χ4n) is 3.41. The van der Waals surface area contributed by atoms with Crippen LogP contribution in [0.3, 0.4) is 0 Å². The van der Waals surface area contributed by atoms with Gasteiger partial charge in [0.15, 0.2) is 5.11 Å². The lowest BCUT2D eigenvalue weighted by Crippen LogP contribution is -2.43. The van der Waals surface area contributed by atoms with Gasteiger partial charge in [-0.2, -0.15) is 0 Å². The Kier molecular flexibility index (Phi) is 5.33. The van der Waals surface area contributed by atoms with Gasteiger partial charge in [-0.05, 0) is 54.2 Å². The molecule has 2 N–H and O–H groups in total. The molecule has 0 spiro atoms. The van der Waals surface area contributed by atoms with Gasteiger partial charge >= 0.3 is 6.36 Å². The Morgan fingerprint density at radius 3 is 2.50 bits per heavy atom. The van der Waals surface area contributed by atoms with E-state index in [4.69, 9.17) is 12.2 Å². The average molecular weight is 436 g/mol. The Morgan fingerprint density at radius 1 is 1.13 bits per heavy atom. The van der Waals surface area contributed by atoms with Gasteiger partial charge in [-0.25, -0.2) is 9.37 Å². The third-order valence-electron chi connectivity index (χ3n) is 4.71. The summed E-state index contributed by atoms with van der Waals surface area (Å²) in [4.78, 5) is 9.46. The zero-order chi connectivity index (χ0) is 21.3. The van der Waals surface area contributed by atoms with E-state index in [1.54, 1.807) is 18.5 Å². The standard InChI is InChI=1S/C20H16F4N4OS/c21-13-3-1-12(2-4-13)18-17-16(25-11-26-17)9-10-28(18)19(30)27-14-5-7-15(8-6-14)29-20(22,23)24/h1-8,11,18H,9-10H2,(H,25,26)(H,27,30). The molecule has 1 aromatic heterocycles. The number of hydrogen-bond acceptors (Lipinski definition) is 3. The second-order valence-corrected chi connectivity index (χ2v) is 7.05. The molecule has 0 radical (unpaired) electrons. The molecule has 1 atom stereocenters. The summed E-state index contributed by atoms with van der Waals surface area (Å²) in [5.74, 6) is -0.660. The minimum atomic E-state index is -4.75. The molecule has 156 valence electrons. The molecule has 0 bridgehead atoms. The predicted molar refractivity (Wildman–Crippen MR) is 107 cm³/mol. The number of rotatable bonds is 3. The highest BCUT2D eigenvalue weighted by molar-refractivity contribution is 7.80. The molecule has 1 unspecified atom stereocenters. The molecule has 30 heavy (non-hydrogen) atoms. The van der Waals surface area contributed by atoms with Crippen LogP contribution in [0, 0.1) is 5.82 Å². The van der Waals surface area contributed by atoms with Crippen LogP contribution in [0.25, 0.3) is 0 Å². The van der Waals surface area contributed by atoms with E-state index >= 15 is 0 Å². The summed E-state index contributed by atoms with van der Waals surface area (Å²) in [6.45, 7) is 0.582. The van der Waals surface area contributed by atoms with E-state index in [1.165, 1.54) is 36.4 Å². The SMILES string of the molecule is Fc1ccc(C2c3nc[nH]c3CCN2C(=S)Nc2ccc(OC(F)(F)F)cc2)cc1. The number of anilines is 1. The molecule has 4 rings (SSSR count). The van der Waals surface area contributed by atoms with Gasteiger partial charge < -0.3 is 19.9 Å². The van der Waals surface area contributed by atoms with Gasteiger partial charge in [0.2, 0.25) is 0 Å². The number of aromatic nitrogens is 2. The van der Waals surface area contributed by atoms with Crippen molar-refractivity contribution in [2.75, 3.05) is 11.9 Å². The van der Waals surface area contributed by atoms with Crippen LogP contribution < -0.4 is 10.1 Å². The van der Waals surface area contributed by atoms with Crippen molar-refractivity contribution >= 4 is 23.0 Å². The number of aromatic amines is 1. The molecule has 0 aliphatic carbocycles. The summed E-state index contributed by atoms with van der Waals surface area (Å²) in [6.07, 6.45) is -2.45. The average Bonchev–Trinajstić information content (AvgIpc) is 3.17. The van der Waals surface area contributed by atoms with Crippen LogP contribution in [0.15, 0.2) is 54.9 Å². The molecular formula is C20H16F4N4OS. The lowest BCUT2D eigenvalue weighted by atomic mass is 9.96. The third kappa shape index (κ3) is 4.38. The van der Waals surface area contributed by atoms with Gasteiger partial charge in [0, 0.05) is 24.3 Å². The summed E-state index contributed by atoms with van der Waals surface area (Å²) >= 11 is 5.57. The van der Waals surface area contributed by atoms with Gasteiger partial charge in [0.25, 0.3) is 0 Å². The first kappa shape index (κ1) is 20.1. The normalized spacial score (nSPS) is 16.1. The van der Waals surface area contributed by atoms with Crippen LogP contribution in [0.4, 0.5) is 23.2 Å². The van der Waals surface area contributed by atoms with Gasteiger partial charge in [-0.15, -0.1) is 13.2 Å². The molecule has 0 saturated heterocycles. The van der Waals surface area contributed by atoms with Crippen molar-refractivity contribution in [3.05, 3.63) is 77.6 Å². The highest BCUT2D eigenvalue weighted by atomic mass is 32.1. The fourth-order valence-corrected chi connectivity index (χ4v) is 3.73. The van der Waals surface area contributed by atoms with Crippen molar-refractivity contribution < 1.29 is 22.3 Å². The fraction of sp³-hybridized carbons (Fsp3) is 0.200. The number of alkyl halides is 3. The maximum atomic E-state index is 13.4. The van der Waals surface area contributed by atoms with Crippen LogP contribution in [-0.2, 0) is 6.42 Å². The predicted octanol–water partition coefficient (Wildman–Crippen LogP) is 4.79. The first-order chi connectivity index (χ1) is 14.3. The van der Waals surface area contributed by atoms with Gasteiger partial charge in [-0.3, -0.25) is 0 Å². The number of imidazole rings is 1. The topological polar surface area (TPSA) is 53.2 Å². The molecule has 2 heterocycles. The van der Waals surface area contributed by atoms with E-state index in [-0.39, 0.29) is 17.6 Å². The molecule has 10 heteroatoms. The summed E-state index contributed by atoms with van der Waals surface area (Å²) in [6, 6.07) is 11.1. The molecule has 5 nitrogen and oxygen atoms in total. The van der Waals surface area contributed by atoms with Crippen LogP contribution in [-0.4, -0.2) is 32.9 Å². The highest BCUT2D eigenvalue weighted by Crippen LogP contribution is 2.34. The van der Waals surface area contributed by atoms with Crippen molar-refractivity contribution in [1.29, 1.82) is 0 Å². The van der Waals surface area contributed by atoms with E-state index in [0.29, 0.717) is 23.8 Å². The monoisotopic (exact) mass is 436 g/mol. The Balaban J connectivity index is 1.55. The first-order valence-corrected chi connectivity index (χ1v) is 9.42. The molecule has 0 saturated carbocycles. The highest BCUT2D eigenvalue weighted by Gasteiger charge is 2.33. The Morgan fingerprint density at radius 2 is 1.83 bits per heavy atom. The van der Waals surface area contributed by atoms with E-state index in [1.807, 2.05) is 4.90 Å². The van der Waals surface area contributed by atoms with Crippen LogP contribution in [0.1, 0.15) is 23.0 Å². The van der Waals surface area contributed by atoms with Crippen molar-refractivity contribution in [3.63, 3.8) is 0 Å². The number of halogens is 4. The van der Waals surface area contributed by atoms with E-state index < -0.39 is 6.36 Å². The maximum Gasteiger partial charge on any atom is 0.573 e. The largest absolute Gasteiger partial charge is 0.573 e. The Bertz CT molecular complexity index is 1030. The van der Waals surface area contributed by atoms with Crippen molar-refractivity contribution in [1.82, 2.24) is 14.9 Å². The van der Waals surface area contributed by atoms with E-state index in [9.17, 15) is 17.6 Å². The molecular weight excluding hydrogens is 420 g/mol. The number of thiocarbonyl (C=S) groups is 1. The second-order valence-electron chi connectivity index (χ2n) is 6.67. The Labute approximate surface area is 174 Å².